The summed E-state index contributed by atoms with van der Waals surface area (Å²) >= 11 is 0. The van der Waals surface area contributed by atoms with E-state index in [0.29, 0.717) is 12.0 Å². The zero-order valence-electron chi connectivity index (χ0n) is 10.9. The van der Waals surface area contributed by atoms with Gasteiger partial charge in [0.25, 0.3) is 0 Å². The van der Waals surface area contributed by atoms with Gasteiger partial charge in [0.15, 0.2) is 0 Å². The first-order valence-electron chi connectivity index (χ1n) is 6.52. The molecule has 1 aromatic carbocycles. The Morgan fingerprint density at radius 1 is 1.28 bits per heavy atom. The molecule has 0 aliphatic rings. The highest BCUT2D eigenvalue weighted by Crippen LogP contribution is 2.05. The number of aryl methyl sites for hydroxylation is 1. The molecule has 1 N–H and O–H groups in total. The van der Waals surface area contributed by atoms with E-state index in [1.807, 2.05) is 12.1 Å². The molecule has 0 heterocycles. The molecule has 0 bridgehead atoms. The first-order chi connectivity index (χ1) is 8.76. The van der Waals surface area contributed by atoms with Gasteiger partial charge >= 0.3 is 0 Å². The molecule has 0 aromatic heterocycles. The fraction of sp³-hybridized carbons (Fsp3) is 0.467. The van der Waals surface area contributed by atoms with E-state index in [2.05, 4.69) is 18.3 Å². The first kappa shape index (κ1) is 14.2. The van der Waals surface area contributed by atoms with Crippen molar-refractivity contribution >= 4 is 5.91 Å². The Balaban J connectivity index is 2.23. The number of amides is 1. The molecule has 1 amide bonds. The summed E-state index contributed by atoms with van der Waals surface area (Å²) in [6.07, 6.45) is 4.62. The summed E-state index contributed by atoms with van der Waals surface area (Å²) in [4.78, 5) is 11.5. The highest BCUT2D eigenvalue weighted by atomic mass is 16.1. The molecule has 0 saturated heterocycles. The molecule has 1 aromatic rings. The van der Waals surface area contributed by atoms with Crippen molar-refractivity contribution in [3.63, 3.8) is 0 Å². The molecule has 0 spiro atoms. The van der Waals surface area contributed by atoms with Crippen molar-refractivity contribution in [1.82, 2.24) is 5.32 Å². The van der Waals surface area contributed by atoms with Crippen LogP contribution in [0.25, 0.3) is 0 Å². The van der Waals surface area contributed by atoms with Gasteiger partial charge in [-0.1, -0.05) is 31.9 Å². The van der Waals surface area contributed by atoms with Gasteiger partial charge in [-0.3, -0.25) is 4.79 Å². The van der Waals surface area contributed by atoms with Crippen molar-refractivity contribution in [2.24, 2.45) is 0 Å². The zero-order valence-corrected chi connectivity index (χ0v) is 10.9. The molecule has 96 valence electrons. The maximum absolute atomic E-state index is 11.5. The largest absolute Gasteiger partial charge is 0.356 e. The van der Waals surface area contributed by atoms with E-state index in [0.717, 1.165) is 31.4 Å². The van der Waals surface area contributed by atoms with E-state index in [1.54, 1.807) is 12.1 Å². The molecule has 0 fully saturated rings. The van der Waals surface area contributed by atoms with E-state index in [1.165, 1.54) is 6.42 Å². The molecule has 3 nitrogen and oxygen atoms in total. The van der Waals surface area contributed by atoms with Crippen molar-refractivity contribution in [3.8, 4) is 6.07 Å². The third kappa shape index (κ3) is 5.49. The van der Waals surface area contributed by atoms with Gasteiger partial charge in [0.2, 0.25) is 5.91 Å². The number of benzene rings is 1. The van der Waals surface area contributed by atoms with Crippen LogP contribution in [-0.2, 0) is 11.2 Å². The highest BCUT2D eigenvalue weighted by molar-refractivity contribution is 5.76. The molecule has 0 atom stereocenters. The fourth-order valence-corrected chi connectivity index (χ4v) is 1.70. The van der Waals surface area contributed by atoms with Crippen molar-refractivity contribution < 1.29 is 4.79 Å². The number of hydrogen-bond acceptors (Lipinski definition) is 2. The van der Waals surface area contributed by atoms with Gasteiger partial charge in [0, 0.05) is 13.0 Å². The zero-order chi connectivity index (χ0) is 13.2. The van der Waals surface area contributed by atoms with Crippen LogP contribution in [-0.4, -0.2) is 12.5 Å². The molecular weight excluding hydrogens is 224 g/mol. The average molecular weight is 244 g/mol. The Hall–Kier alpha value is -1.82. The van der Waals surface area contributed by atoms with E-state index < -0.39 is 0 Å². The Bertz CT molecular complexity index is 403. The second-order valence-electron chi connectivity index (χ2n) is 4.37. The number of nitrogens with one attached hydrogen (secondary N) is 1. The number of unbranched alkanes of at least 4 members (excludes halogenated alkanes) is 2. The van der Waals surface area contributed by atoms with E-state index in [9.17, 15) is 4.79 Å². The predicted octanol–water partition coefficient (Wildman–Crippen LogP) is 2.80. The van der Waals surface area contributed by atoms with E-state index in [4.69, 9.17) is 5.26 Å². The summed E-state index contributed by atoms with van der Waals surface area (Å²) < 4.78 is 0. The lowest BCUT2D eigenvalue weighted by molar-refractivity contribution is -0.121. The Kier molecular flexibility index (Phi) is 6.56. The quantitative estimate of drug-likeness (QED) is 0.750. The minimum absolute atomic E-state index is 0.107. The summed E-state index contributed by atoms with van der Waals surface area (Å²) in [5.74, 6) is 0.107. The minimum atomic E-state index is 0.107. The summed E-state index contributed by atoms with van der Waals surface area (Å²) in [5, 5.41) is 11.6. The van der Waals surface area contributed by atoms with Crippen molar-refractivity contribution in [3.05, 3.63) is 35.4 Å². The second-order valence-corrected chi connectivity index (χ2v) is 4.37. The van der Waals surface area contributed by atoms with Gasteiger partial charge in [-0.25, -0.2) is 0 Å². The summed E-state index contributed by atoms with van der Waals surface area (Å²) in [6.45, 7) is 2.92. The second kappa shape index (κ2) is 8.30. The van der Waals surface area contributed by atoms with Gasteiger partial charge in [0.1, 0.15) is 0 Å². The Morgan fingerprint density at radius 3 is 2.61 bits per heavy atom. The SMILES string of the molecule is CCCCCNC(=O)CCc1ccc(C#N)cc1. The molecule has 0 aliphatic heterocycles. The highest BCUT2D eigenvalue weighted by Gasteiger charge is 2.01. The lowest BCUT2D eigenvalue weighted by atomic mass is 10.1. The van der Waals surface area contributed by atoms with Crippen LogP contribution in [0.4, 0.5) is 0 Å². The van der Waals surface area contributed by atoms with Crippen molar-refractivity contribution in [1.29, 1.82) is 5.26 Å². The maximum atomic E-state index is 11.5. The first-order valence-corrected chi connectivity index (χ1v) is 6.52. The molecule has 3 heteroatoms. The Morgan fingerprint density at radius 2 is 2.00 bits per heavy atom. The third-order valence-corrected chi connectivity index (χ3v) is 2.83. The van der Waals surface area contributed by atoms with Crippen LogP contribution in [0.1, 0.15) is 43.7 Å². The monoisotopic (exact) mass is 244 g/mol. The van der Waals surface area contributed by atoms with Gasteiger partial charge in [-0.05, 0) is 30.5 Å². The lowest BCUT2D eigenvalue weighted by Gasteiger charge is -2.04. The van der Waals surface area contributed by atoms with Crippen LogP contribution in [0.15, 0.2) is 24.3 Å². The van der Waals surface area contributed by atoms with E-state index in [-0.39, 0.29) is 5.91 Å². The maximum Gasteiger partial charge on any atom is 0.220 e. The van der Waals surface area contributed by atoms with Crippen molar-refractivity contribution in [2.45, 2.75) is 39.0 Å². The standard InChI is InChI=1S/C15H20N2O/c1-2-3-4-11-17-15(18)10-9-13-5-7-14(12-16)8-6-13/h5-8H,2-4,9-11H2,1H3,(H,17,18). The number of carbonyl (C=O) groups is 1. The molecular formula is C15H20N2O. The Labute approximate surface area is 109 Å². The van der Waals surface area contributed by atoms with Crippen LogP contribution < -0.4 is 5.32 Å². The van der Waals surface area contributed by atoms with Gasteiger partial charge in [0.05, 0.1) is 11.6 Å². The molecule has 0 aliphatic carbocycles. The fourth-order valence-electron chi connectivity index (χ4n) is 1.70. The minimum Gasteiger partial charge on any atom is -0.356 e. The lowest BCUT2D eigenvalue weighted by Crippen LogP contribution is -2.24. The van der Waals surface area contributed by atoms with Gasteiger partial charge in [-0.15, -0.1) is 0 Å². The topological polar surface area (TPSA) is 52.9 Å². The normalized spacial score (nSPS) is 9.78. The number of rotatable bonds is 7. The number of hydrogen-bond donors (Lipinski definition) is 1. The van der Waals surface area contributed by atoms with Gasteiger partial charge in [-0.2, -0.15) is 5.26 Å². The van der Waals surface area contributed by atoms with Crippen molar-refractivity contribution in [2.75, 3.05) is 6.54 Å². The van der Waals surface area contributed by atoms with Crippen LogP contribution in [0.3, 0.4) is 0 Å². The third-order valence-electron chi connectivity index (χ3n) is 2.83. The van der Waals surface area contributed by atoms with Crippen LogP contribution in [0.2, 0.25) is 0 Å². The summed E-state index contributed by atoms with van der Waals surface area (Å²) in [7, 11) is 0. The summed E-state index contributed by atoms with van der Waals surface area (Å²) in [5.41, 5.74) is 1.75. The average Bonchev–Trinajstić information content (AvgIpc) is 2.42. The smallest absolute Gasteiger partial charge is 0.220 e. The van der Waals surface area contributed by atoms with Crippen LogP contribution >= 0.6 is 0 Å². The molecule has 0 saturated carbocycles. The summed E-state index contributed by atoms with van der Waals surface area (Å²) in [6, 6.07) is 9.46. The molecule has 18 heavy (non-hydrogen) atoms. The number of nitriles is 1. The molecule has 0 unspecified atom stereocenters. The molecule has 1 rings (SSSR count). The van der Waals surface area contributed by atoms with Crippen LogP contribution in [0.5, 0.6) is 0 Å². The van der Waals surface area contributed by atoms with Gasteiger partial charge < -0.3 is 5.32 Å². The number of nitrogens with zero attached hydrogens (tertiary/aromatic N) is 1. The van der Waals surface area contributed by atoms with E-state index >= 15 is 0 Å². The number of carbonyl (C=O) groups excluding carboxylic acids is 1. The molecule has 0 radical (unpaired) electrons. The predicted molar refractivity (Wildman–Crippen MR) is 72.0 cm³/mol. The van der Waals surface area contributed by atoms with Crippen LogP contribution in [0, 0.1) is 11.3 Å².